The molecule has 0 aliphatic carbocycles. The van der Waals surface area contributed by atoms with Gasteiger partial charge in [0.05, 0.1) is 22.2 Å². The van der Waals surface area contributed by atoms with Crippen LogP contribution < -0.4 is 10.6 Å². The molecule has 19 heavy (non-hydrogen) atoms. The topological polar surface area (TPSA) is 96.0 Å². The van der Waals surface area contributed by atoms with Crippen molar-refractivity contribution in [1.82, 2.24) is 0 Å². The first-order valence-electron chi connectivity index (χ1n) is 5.66. The summed E-state index contributed by atoms with van der Waals surface area (Å²) in [6.45, 7) is 0.843. The molecule has 2 rings (SSSR count). The van der Waals surface area contributed by atoms with Crippen molar-refractivity contribution >= 4 is 33.0 Å². The summed E-state index contributed by atoms with van der Waals surface area (Å²) in [4.78, 5) is 1.92. The van der Waals surface area contributed by atoms with Crippen molar-refractivity contribution in [3.05, 3.63) is 28.8 Å². The summed E-state index contributed by atoms with van der Waals surface area (Å²) < 4.78 is 22.7. The first kappa shape index (κ1) is 14.0. The number of amidine groups is 1. The lowest BCUT2D eigenvalue weighted by Gasteiger charge is -2.29. The van der Waals surface area contributed by atoms with Crippen molar-refractivity contribution in [2.75, 3.05) is 29.5 Å². The van der Waals surface area contributed by atoms with E-state index >= 15 is 0 Å². The highest BCUT2D eigenvalue weighted by Gasteiger charge is 2.23. The maximum Gasteiger partial charge on any atom is 0.170 e. The van der Waals surface area contributed by atoms with Gasteiger partial charge in [-0.05, 0) is 18.2 Å². The Morgan fingerprint density at radius 3 is 2.53 bits per heavy atom. The Balaban J connectivity index is 2.23. The lowest BCUT2D eigenvalue weighted by Crippen LogP contribution is -2.40. The summed E-state index contributed by atoms with van der Waals surface area (Å²) in [6, 6.07) is 5.02. The van der Waals surface area contributed by atoms with Crippen LogP contribution in [0, 0.1) is 0 Å². The summed E-state index contributed by atoms with van der Waals surface area (Å²) in [5, 5.41) is 11.9. The first-order chi connectivity index (χ1) is 8.93. The Labute approximate surface area is 116 Å². The van der Waals surface area contributed by atoms with E-state index in [0.29, 0.717) is 23.7 Å². The predicted molar refractivity (Wildman–Crippen MR) is 74.8 cm³/mol. The molecule has 0 unspecified atom stereocenters. The normalized spacial score (nSPS) is 19.4. The lowest BCUT2D eigenvalue weighted by molar-refractivity contribution is 0.318. The quantitative estimate of drug-likeness (QED) is 0.362. The minimum absolute atomic E-state index is 0.0188. The van der Waals surface area contributed by atoms with Crippen LogP contribution in [-0.4, -0.2) is 44.1 Å². The van der Waals surface area contributed by atoms with Gasteiger partial charge in [0.25, 0.3) is 0 Å². The molecule has 0 atom stereocenters. The van der Waals surface area contributed by atoms with Crippen LogP contribution in [0.4, 0.5) is 5.69 Å². The second-order valence-electron chi connectivity index (χ2n) is 4.29. The molecule has 6 nitrogen and oxygen atoms in total. The smallest absolute Gasteiger partial charge is 0.170 e. The third-order valence-corrected chi connectivity index (χ3v) is 4.95. The van der Waals surface area contributed by atoms with Crippen molar-refractivity contribution in [3.63, 3.8) is 0 Å². The van der Waals surface area contributed by atoms with E-state index in [-0.39, 0.29) is 17.3 Å². The number of benzene rings is 1. The van der Waals surface area contributed by atoms with Crippen molar-refractivity contribution < 1.29 is 13.6 Å². The Kier molecular flexibility index (Phi) is 3.86. The molecular formula is C11H14ClN3O3S. The van der Waals surface area contributed by atoms with Gasteiger partial charge in [-0.3, -0.25) is 0 Å². The summed E-state index contributed by atoms with van der Waals surface area (Å²) >= 11 is 6.15. The fourth-order valence-corrected chi connectivity index (χ4v) is 3.44. The van der Waals surface area contributed by atoms with Crippen LogP contribution in [0.15, 0.2) is 23.4 Å². The molecule has 0 saturated carbocycles. The standard InChI is InChI=1S/C11H14ClN3O3S/c12-9-7-8(11(13)14-16)1-2-10(9)15-3-5-19(17,18)6-4-15/h1-2,7,16H,3-6H2,(H2,13,14). The van der Waals surface area contributed by atoms with E-state index in [2.05, 4.69) is 5.16 Å². The molecule has 8 heteroatoms. The van der Waals surface area contributed by atoms with Gasteiger partial charge >= 0.3 is 0 Å². The number of anilines is 1. The summed E-state index contributed by atoms with van der Waals surface area (Å²) in [6.07, 6.45) is 0. The Morgan fingerprint density at radius 1 is 1.37 bits per heavy atom. The second kappa shape index (κ2) is 5.26. The van der Waals surface area contributed by atoms with Crippen molar-refractivity contribution in [3.8, 4) is 0 Å². The fraction of sp³-hybridized carbons (Fsp3) is 0.364. The number of hydrogen-bond donors (Lipinski definition) is 2. The Hall–Kier alpha value is -1.47. The van der Waals surface area contributed by atoms with Gasteiger partial charge in [-0.1, -0.05) is 16.8 Å². The molecule has 1 aromatic rings. The number of sulfone groups is 1. The lowest BCUT2D eigenvalue weighted by atomic mass is 10.2. The highest BCUT2D eigenvalue weighted by atomic mass is 35.5. The number of nitrogens with zero attached hydrogens (tertiary/aromatic N) is 2. The van der Waals surface area contributed by atoms with Crippen molar-refractivity contribution in [2.45, 2.75) is 0 Å². The van der Waals surface area contributed by atoms with Crippen molar-refractivity contribution in [2.24, 2.45) is 10.9 Å². The summed E-state index contributed by atoms with van der Waals surface area (Å²) in [7, 11) is -2.92. The van der Waals surface area contributed by atoms with E-state index in [4.69, 9.17) is 22.5 Å². The largest absolute Gasteiger partial charge is 0.409 e. The molecule has 1 aliphatic heterocycles. The van der Waals surface area contributed by atoms with Gasteiger partial charge in [-0.2, -0.15) is 0 Å². The molecule has 0 spiro atoms. The average molecular weight is 304 g/mol. The zero-order chi connectivity index (χ0) is 14.0. The van der Waals surface area contributed by atoms with Crippen LogP contribution >= 0.6 is 11.6 Å². The van der Waals surface area contributed by atoms with Gasteiger partial charge in [0.15, 0.2) is 15.7 Å². The van der Waals surface area contributed by atoms with Gasteiger partial charge in [0.2, 0.25) is 0 Å². The molecule has 1 fully saturated rings. The molecular weight excluding hydrogens is 290 g/mol. The predicted octanol–water partition coefficient (Wildman–Crippen LogP) is 0.669. The van der Waals surface area contributed by atoms with Gasteiger partial charge in [-0.25, -0.2) is 8.42 Å². The third kappa shape index (κ3) is 3.10. The van der Waals surface area contributed by atoms with E-state index in [1.54, 1.807) is 18.2 Å². The molecule has 1 aliphatic rings. The Bertz CT molecular complexity index is 602. The summed E-state index contributed by atoms with van der Waals surface area (Å²) in [5.74, 6) is 0.242. The van der Waals surface area contributed by atoms with Crippen LogP contribution in [0.1, 0.15) is 5.56 Å². The maximum absolute atomic E-state index is 11.4. The molecule has 1 aromatic carbocycles. The van der Waals surface area contributed by atoms with Gasteiger partial charge in [0, 0.05) is 18.7 Å². The highest BCUT2D eigenvalue weighted by Crippen LogP contribution is 2.28. The number of rotatable bonds is 2. The zero-order valence-electron chi connectivity index (χ0n) is 10.1. The van der Waals surface area contributed by atoms with E-state index < -0.39 is 9.84 Å². The molecule has 0 radical (unpaired) electrons. The monoisotopic (exact) mass is 303 g/mol. The second-order valence-corrected chi connectivity index (χ2v) is 7.00. The van der Waals surface area contributed by atoms with Crippen LogP contribution in [-0.2, 0) is 9.84 Å². The maximum atomic E-state index is 11.4. The van der Waals surface area contributed by atoms with E-state index in [1.165, 1.54) is 0 Å². The van der Waals surface area contributed by atoms with Crippen molar-refractivity contribution in [1.29, 1.82) is 0 Å². The number of halogens is 1. The molecule has 1 saturated heterocycles. The minimum atomic E-state index is -2.92. The number of oxime groups is 1. The molecule has 0 amide bonds. The molecule has 3 N–H and O–H groups in total. The van der Waals surface area contributed by atoms with Crippen LogP contribution in [0.3, 0.4) is 0 Å². The molecule has 0 bridgehead atoms. The average Bonchev–Trinajstić information content (AvgIpc) is 2.38. The van der Waals surface area contributed by atoms with Crippen LogP contribution in [0.25, 0.3) is 0 Å². The van der Waals surface area contributed by atoms with E-state index in [9.17, 15) is 8.42 Å². The number of nitrogens with two attached hydrogens (primary N) is 1. The fourth-order valence-electron chi connectivity index (χ4n) is 1.93. The Morgan fingerprint density at radius 2 is 2.00 bits per heavy atom. The van der Waals surface area contributed by atoms with Gasteiger partial charge in [0.1, 0.15) is 0 Å². The molecule has 104 valence electrons. The SMILES string of the molecule is NC(=NO)c1ccc(N2CCS(=O)(=O)CC2)c(Cl)c1. The van der Waals surface area contributed by atoms with Gasteiger partial charge in [-0.15, -0.1) is 0 Å². The number of hydrogen-bond acceptors (Lipinski definition) is 5. The van der Waals surface area contributed by atoms with E-state index in [0.717, 1.165) is 5.69 Å². The van der Waals surface area contributed by atoms with E-state index in [1.807, 2.05) is 4.90 Å². The minimum Gasteiger partial charge on any atom is -0.409 e. The zero-order valence-corrected chi connectivity index (χ0v) is 11.7. The molecule has 0 aromatic heterocycles. The third-order valence-electron chi connectivity index (χ3n) is 3.04. The first-order valence-corrected chi connectivity index (χ1v) is 7.86. The van der Waals surface area contributed by atoms with Crippen LogP contribution in [0.2, 0.25) is 5.02 Å². The van der Waals surface area contributed by atoms with Gasteiger partial charge < -0.3 is 15.8 Å². The molecule has 1 heterocycles. The highest BCUT2D eigenvalue weighted by molar-refractivity contribution is 7.91. The summed E-state index contributed by atoms with van der Waals surface area (Å²) in [5.41, 5.74) is 6.75. The van der Waals surface area contributed by atoms with Crippen LogP contribution in [0.5, 0.6) is 0 Å².